The molecule has 2 unspecified atom stereocenters. The van der Waals surface area contributed by atoms with Crippen LogP contribution in [0.1, 0.15) is 20.3 Å². The molecule has 14 heavy (non-hydrogen) atoms. The molecule has 0 aliphatic rings. The van der Waals surface area contributed by atoms with Gasteiger partial charge in [-0.05, 0) is 19.7 Å². The van der Waals surface area contributed by atoms with Crippen molar-refractivity contribution in [3.63, 3.8) is 0 Å². The Balaban J connectivity index is 3.53. The molecule has 0 fully saturated rings. The lowest BCUT2D eigenvalue weighted by atomic mass is 10.1. The van der Waals surface area contributed by atoms with E-state index in [2.05, 4.69) is 23.8 Å². The van der Waals surface area contributed by atoms with Gasteiger partial charge in [-0.15, -0.1) is 0 Å². The summed E-state index contributed by atoms with van der Waals surface area (Å²) in [5, 5.41) is 6.55. The van der Waals surface area contributed by atoms with Gasteiger partial charge in [0.1, 0.15) is 0 Å². The largest absolute Gasteiger partial charge is 0.356 e. The summed E-state index contributed by atoms with van der Waals surface area (Å²) in [4.78, 5) is 11.4. The average molecular weight is 218 g/mol. The normalized spacial score (nSPS) is 14.9. The van der Waals surface area contributed by atoms with Crippen molar-refractivity contribution in [2.45, 2.75) is 25.5 Å². The number of hydrogen-bond acceptors (Lipinski definition) is 3. The molecule has 1 amide bonds. The Labute approximate surface area is 91.4 Å². The van der Waals surface area contributed by atoms with Crippen LogP contribution >= 0.6 is 11.8 Å². The summed E-state index contributed by atoms with van der Waals surface area (Å²) in [6.07, 6.45) is 3.13. The molecule has 0 saturated heterocycles. The predicted molar refractivity (Wildman–Crippen MR) is 63.7 cm³/mol. The van der Waals surface area contributed by atoms with E-state index in [1.54, 1.807) is 0 Å². The van der Waals surface area contributed by atoms with Crippen molar-refractivity contribution >= 4 is 17.7 Å². The lowest BCUT2D eigenvalue weighted by Gasteiger charge is -2.13. The van der Waals surface area contributed by atoms with Crippen molar-refractivity contribution in [1.29, 1.82) is 0 Å². The fraction of sp³-hybridized carbons (Fsp3) is 0.900. The molecule has 0 radical (unpaired) electrons. The Morgan fingerprint density at radius 3 is 2.57 bits per heavy atom. The smallest absolute Gasteiger partial charge is 0.224 e. The van der Waals surface area contributed by atoms with Gasteiger partial charge in [-0.2, -0.15) is 11.8 Å². The van der Waals surface area contributed by atoms with E-state index in [1.807, 2.05) is 25.7 Å². The second kappa shape index (κ2) is 8.12. The van der Waals surface area contributed by atoms with Crippen LogP contribution < -0.4 is 10.6 Å². The fourth-order valence-electron chi connectivity index (χ4n) is 1.09. The van der Waals surface area contributed by atoms with Crippen molar-refractivity contribution in [3.05, 3.63) is 0 Å². The zero-order valence-corrected chi connectivity index (χ0v) is 10.4. The first-order valence-electron chi connectivity index (χ1n) is 5.07. The molecule has 4 heteroatoms. The van der Waals surface area contributed by atoms with Crippen LogP contribution in [-0.2, 0) is 4.79 Å². The number of hydrogen-bond donors (Lipinski definition) is 2. The molecule has 0 aromatic carbocycles. The lowest BCUT2D eigenvalue weighted by molar-refractivity contribution is -0.124. The number of thioether (sulfide) groups is 1. The molecule has 0 aromatic rings. The van der Waals surface area contributed by atoms with E-state index < -0.39 is 0 Å². The summed E-state index contributed by atoms with van der Waals surface area (Å²) in [6, 6.07) is 0. The maximum atomic E-state index is 11.4. The zero-order valence-electron chi connectivity index (χ0n) is 9.59. The maximum absolute atomic E-state index is 11.4. The van der Waals surface area contributed by atoms with Gasteiger partial charge in [-0.1, -0.05) is 13.8 Å². The Kier molecular flexibility index (Phi) is 7.99. The third-order valence-corrected chi connectivity index (χ3v) is 3.25. The number of carbonyl (C=O) groups excluding carboxylic acids is 1. The molecule has 2 atom stereocenters. The fourth-order valence-corrected chi connectivity index (χ4v) is 1.44. The van der Waals surface area contributed by atoms with E-state index in [9.17, 15) is 4.79 Å². The van der Waals surface area contributed by atoms with Crippen molar-refractivity contribution in [1.82, 2.24) is 10.6 Å². The van der Waals surface area contributed by atoms with Crippen molar-refractivity contribution in [2.24, 2.45) is 5.92 Å². The molecule has 0 aliphatic heterocycles. The third kappa shape index (κ3) is 6.27. The van der Waals surface area contributed by atoms with Gasteiger partial charge in [0.2, 0.25) is 5.91 Å². The highest BCUT2D eigenvalue weighted by atomic mass is 32.2. The standard InChI is InChI=1S/C10H22N2OS/c1-8(7-11-3)10(13)12-6-5-9(2)14-4/h8-9,11H,5-7H2,1-4H3,(H,12,13). The molecule has 84 valence electrons. The molecule has 0 saturated carbocycles. The Morgan fingerprint density at radius 1 is 1.43 bits per heavy atom. The summed E-state index contributed by atoms with van der Waals surface area (Å²) in [6.45, 7) is 5.64. The van der Waals surface area contributed by atoms with Gasteiger partial charge in [-0.3, -0.25) is 4.79 Å². The highest BCUT2D eigenvalue weighted by molar-refractivity contribution is 7.99. The summed E-state index contributed by atoms with van der Waals surface area (Å²) in [5.74, 6) is 0.206. The molecule has 0 aromatic heterocycles. The van der Waals surface area contributed by atoms with Gasteiger partial charge in [0, 0.05) is 24.3 Å². The van der Waals surface area contributed by atoms with Gasteiger partial charge in [0.25, 0.3) is 0 Å². The number of nitrogens with one attached hydrogen (secondary N) is 2. The van der Waals surface area contributed by atoms with Crippen LogP contribution in [0, 0.1) is 5.92 Å². The van der Waals surface area contributed by atoms with Gasteiger partial charge >= 0.3 is 0 Å². The summed E-state index contributed by atoms with van der Waals surface area (Å²) < 4.78 is 0. The van der Waals surface area contributed by atoms with E-state index >= 15 is 0 Å². The van der Waals surface area contributed by atoms with Crippen LogP contribution in [0.5, 0.6) is 0 Å². The van der Waals surface area contributed by atoms with Gasteiger partial charge < -0.3 is 10.6 Å². The minimum absolute atomic E-state index is 0.0598. The topological polar surface area (TPSA) is 41.1 Å². The van der Waals surface area contributed by atoms with Crippen molar-refractivity contribution in [3.8, 4) is 0 Å². The second-order valence-electron chi connectivity index (χ2n) is 3.58. The molecule has 0 bridgehead atoms. The molecule has 0 rings (SSSR count). The third-order valence-electron chi connectivity index (χ3n) is 2.21. The van der Waals surface area contributed by atoms with Gasteiger partial charge in [0.05, 0.1) is 0 Å². The minimum Gasteiger partial charge on any atom is -0.356 e. The lowest BCUT2D eigenvalue weighted by Crippen LogP contribution is -2.35. The monoisotopic (exact) mass is 218 g/mol. The molecule has 0 heterocycles. The van der Waals surface area contributed by atoms with Gasteiger partial charge in [0.15, 0.2) is 0 Å². The second-order valence-corrected chi connectivity index (χ2v) is 4.86. The highest BCUT2D eigenvalue weighted by Gasteiger charge is 2.10. The summed E-state index contributed by atoms with van der Waals surface area (Å²) in [5.41, 5.74) is 0. The van der Waals surface area contributed by atoms with Crippen LogP contribution in [0.15, 0.2) is 0 Å². The van der Waals surface area contributed by atoms with Crippen molar-refractivity contribution < 1.29 is 4.79 Å². The zero-order chi connectivity index (χ0) is 11.0. The number of amides is 1. The van der Waals surface area contributed by atoms with Crippen LogP contribution in [0.4, 0.5) is 0 Å². The van der Waals surface area contributed by atoms with Crippen LogP contribution in [0.2, 0.25) is 0 Å². The average Bonchev–Trinajstić information content (AvgIpc) is 2.17. The maximum Gasteiger partial charge on any atom is 0.224 e. The van der Waals surface area contributed by atoms with E-state index in [4.69, 9.17) is 0 Å². The van der Waals surface area contributed by atoms with E-state index in [0.717, 1.165) is 19.5 Å². The van der Waals surface area contributed by atoms with Crippen LogP contribution in [0.25, 0.3) is 0 Å². The highest BCUT2D eigenvalue weighted by Crippen LogP contribution is 2.08. The Bertz CT molecular complexity index is 164. The Hall–Kier alpha value is -0.220. The summed E-state index contributed by atoms with van der Waals surface area (Å²) >= 11 is 1.83. The molecular weight excluding hydrogens is 196 g/mol. The molecule has 0 spiro atoms. The van der Waals surface area contributed by atoms with Crippen LogP contribution in [-0.4, -0.2) is 37.6 Å². The number of rotatable bonds is 7. The predicted octanol–water partition coefficient (Wildman–Crippen LogP) is 1.10. The van der Waals surface area contributed by atoms with Gasteiger partial charge in [-0.25, -0.2) is 0 Å². The van der Waals surface area contributed by atoms with E-state index in [-0.39, 0.29) is 11.8 Å². The minimum atomic E-state index is 0.0598. The van der Waals surface area contributed by atoms with Crippen LogP contribution in [0.3, 0.4) is 0 Å². The Morgan fingerprint density at radius 2 is 2.07 bits per heavy atom. The SMILES string of the molecule is CNCC(C)C(=O)NCCC(C)SC. The molecule has 2 N–H and O–H groups in total. The van der Waals surface area contributed by atoms with E-state index in [1.165, 1.54) is 0 Å². The first-order valence-corrected chi connectivity index (χ1v) is 6.35. The van der Waals surface area contributed by atoms with E-state index in [0.29, 0.717) is 5.25 Å². The quantitative estimate of drug-likeness (QED) is 0.672. The number of carbonyl (C=O) groups is 1. The summed E-state index contributed by atoms with van der Waals surface area (Å²) in [7, 11) is 1.86. The molecular formula is C10H22N2OS. The van der Waals surface area contributed by atoms with Crippen molar-refractivity contribution in [2.75, 3.05) is 26.4 Å². The first kappa shape index (κ1) is 13.8. The molecule has 3 nitrogen and oxygen atoms in total. The first-order chi connectivity index (χ1) is 6.61. The molecule has 0 aliphatic carbocycles.